The molecule has 0 spiro atoms. The summed E-state index contributed by atoms with van der Waals surface area (Å²) in [5.41, 5.74) is 0. The molecule has 2 aromatic rings. The molecule has 4 heterocycles. The lowest BCUT2D eigenvalue weighted by Gasteiger charge is -2.35. The van der Waals surface area contributed by atoms with Crippen LogP contribution in [-0.2, 0) is 11.3 Å². The van der Waals surface area contributed by atoms with Crippen LogP contribution < -0.4 is 9.80 Å². The Bertz CT molecular complexity index is 650. The van der Waals surface area contributed by atoms with E-state index in [1.807, 2.05) is 10.9 Å². The minimum atomic E-state index is 0.768. The van der Waals surface area contributed by atoms with E-state index in [1.54, 1.807) is 12.5 Å². The van der Waals surface area contributed by atoms with Crippen LogP contribution >= 0.6 is 0 Å². The first-order chi connectivity index (χ1) is 12.4. The predicted molar refractivity (Wildman–Crippen MR) is 93.7 cm³/mol. The van der Waals surface area contributed by atoms with Crippen LogP contribution in [0.5, 0.6) is 0 Å². The molecule has 0 N–H and O–H groups in total. The lowest BCUT2D eigenvalue weighted by atomic mass is 10.3. The van der Waals surface area contributed by atoms with Gasteiger partial charge < -0.3 is 14.5 Å². The zero-order chi connectivity index (χ0) is 16.9. The van der Waals surface area contributed by atoms with Gasteiger partial charge in [-0.2, -0.15) is 0 Å². The molecule has 0 radical (unpaired) electrons. The van der Waals surface area contributed by atoms with Crippen molar-refractivity contribution in [3.8, 4) is 0 Å². The van der Waals surface area contributed by atoms with Gasteiger partial charge in [-0.15, -0.1) is 5.10 Å². The van der Waals surface area contributed by atoms with Crippen molar-refractivity contribution < 1.29 is 4.74 Å². The maximum atomic E-state index is 5.42. The van der Waals surface area contributed by atoms with Crippen molar-refractivity contribution in [2.75, 3.05) is 68.8 Å². The van der Waals surface area contributed by atoms with Gasteiger partial charge >= 0.3 is 0 Å². The fraction of sp³-hybridized carbons (Fsp3) is 0.625. The van der Waals surface area contributed by atoms with E-state index in [4.69, 9.17) is 4.74 Å². The second-order valence-electron chi connectivity index (χ2n) is 6.33. The van der Waals surface area contributed by atoms with Gasteiger partial charge in [0.15, 0.2) is 0 Å². The fourth-order valence-corrected chi connectivity index (χ4v) is 3.27. The van der Waals surface area contributed by atoms with Crippen LogP contribution in [-0.4, -0.2) is 88.9 Å². The van der Waals surface area contributed by atoms with Crippen LogP contribution in [0.1, 0.15) is 0 Å². The van der Waals surface area contributed by atoms with Gasteiger partial charge in [0.25, 0.3) is 0 Å². The molecule has 0 bridgehead atoms. The highest BCUT2D eigenvalue weighted by molar-refractivity contribution is 5.50. The average Bonchev–Trinajstić information content (AvgIpc) is 3.21. The molecule has 9 nitrogen and oxygen atoms in total. The number of anilines is 2. The molecule has 25 heavy (non-hydrogen) atoms. The smallest absolute Gasteiger partial charge is 0.134 e. The molecule has 4 rings (SSSR count). The molecule has 0 unspecified atom stereocenters. The van der Waals surface area contributed by atoms with Crippen LogP contribution in [0.25, 0.3) is 0 Å². The number of ether oxygens (including phenoxy) is 1. The highest BCUT2D eigenvalue weighted by atomic mass is 16.5. The van der Waals surface area contributed by atoms with E-state index in [2.05, 4.69) is 41.0 Å². The van der Waals surface area contributed by atoms with Gasteiger partial charge in [-0.25, -0.2) is 9.97 Å². The molecule has 0 aromatic carbocycles. The largest absolute Gasteiger partial charge is 0.378 e. The van der Waals surface area contributed by atoms with Gasteiger partial charge in [-0.3, -0.25) is 9.58 Å². The Morgan fingerprint density at radius 3 is 2.28 bits per heavy atom. The summed E-state index contributed by atoms with van der Waals surface area (Å²) in [5.74, 6) is 2.02. The van der Waals surface area contributed by atoms with E-state index in [-0.39, 0.29) is 0 Å². The highest BCUT2D eigenvalue weighted by Gasteiger charge is 2.20. The molecular weight excluding hydrogens is 320 g/mol. The van der Waals surface area contributed by atoms with Crippen molar-refractivity contribution in [3.05, 3.63) is 24.8 Å². The number of piperazine rings is 1. The quantitative estimate of drug-likeness (QED) is 0.734. The number of hydrogen-bond donors (Lipinski definition) is 0. The molecule has 2 fully saturated rings. The molecule has 2 aromatic heterocycles. The minimum absolute atomic E-state index is 0.768. The van der Waals surface area contributed by atoms with Gasteiger partial charge in [0.05, 0.1) is 26.0 Å². The second-order valence-corrected chi connectivity index (χ2v) is 6.33. The summed E-state index contributed by atoms with van der Waals surface area (Å²) in [6, 6.07) is 2.11. The van der Waals surface area contributed by atoms with Gasteiger partial charge in [-0.05, 0) is 0 Å². The predicted octanol–water partition coefficient (Wildman–Crippen LogP) is -0.273. The van der Waals surface area contributed by atoms with Crippen molar-refractivity contribution in [1.82, 2.24) is 29.9 Å². The van der Waals surface area contributed by atoms with Crippen LogP contribution in [0.4, 0.5) is 11.6 Å². The number of aromatic nitrogens is 5. The molecular formula is C16H24N8O. The number of hydrogen-bond acceptors (Lipinski definition) is 8. The zero-order valence-electron chi connectivity index (χ0n) is 14.4. The van der Waals surface area contributed by atoms with Crippen LogP contribution in [0.15, 0.2) is 24.8 Å². The van der Waals surface area contributed by atoms with Gasteiger partial charge in [0, 0.05) is 58.1 Å². The lowest BCUT2D eigenvalue weighted by Crippen LogP contribution is -2.47. The summed E-state index contributed by atoms with van der Waals surface area (Å²) in [5, 5.41) is 7.86. The van der Waals surface area contributed by atoms with E-state index in [0.29, 0.717) is 0 Å². The maximum Gasteiger partial charge on any atom is 0.134 e. The molecule has 0 amide bonds. The average molecular weight is 344 g/mol. The molecule has 9 heteroatoms. The minimum Gasteiger partial charge on any atom is -0.378 e. The first-order valence-electron chi connectivity index (χ1n) is 8.85. The van der Waals surface area contributed by atoms with Crippen molar-refractivity contribution in [1.29, 1.82) is 0 Å². The lowest BCUT2D eigenvalue weighted by molar-refractivity contribution is 0.122. The third-order valence-corrected chi connectivity index (χ3v) is 4.79. The Morgan fingerprint density at radius 2 is 1.60 bits per heavy atom. The zero-order valence-corrected chi connectivity index (χ0v) is 14.4. The third kappa shape index (κ3) is 4.05. The molecule has 2 aliphatic rings. The molecule has 134 valence electrons. The van der Waals surface area contributed by atoms with E-state index in [1.165, 1.54) is 0 Å². The van der Waals surface area contributed by atoms with E-state index < -0.39 is 0 Å². The Balaban J connectivity index is 1.31. The summed E-state index contributed by atoms with van der Waals surface area (Å²) >= 11 is 0. The molecule has 2 saturated heterocycles. The Hall–Kier alpha value is -2.26. The summed E-state index contributed by atoms with van der Waals surface area (Å²) in [6.45, 7) is 9.24. The van der Waals surface area contributed by atoms with Crippen LogP contribution in [0, 0.1) is 0 Å². The van der Waals surface area contributed by atoms with Gasteiger partial charge in [0.1, 0.15) is 18.0 Å². The maximum absolute atomic E-state index is 5.42. The van der Waals surface area contributed by atoms with Crippen molar-refractivity contribution in [3.63, 3.8) is 0 Å². The second kappa shape index (κ2) is 7.75. The van der Waals surface area contributed by atoms with Crippen LogP contribution in [0.2, 0.25) is 0 Å². The van der Waals surface area contributed by atoms with E-state index in [0.717, 1.165) is 77.2 Å². The van der Waals surface area contributed by atoms with Crippen molar-refractivity contribution in [2.45, 2.75) is 6.54 Å². The molecule has 0 atom stereocenters. The standard InChI is InChI=1S/C16H24N8O/c1-2-24(20-19-1)8-5-21-3-6-22(7-4-21)15-13-16(18-14-17-15)23-9-11-25-12-10-23/h1-2,13-14H,3-12H2. The van der Waals surface area contributed by atoms with E-state index >= 15 is 0 Å². The normalized spacial score (nSPS) is 19.4. The summed E-state index contributed by atoms with van der Waals surface area (Å²) in [4.78, 5) is 16.0. The number of morpholine rings is 1. The van der Waals surface area contributed by atoms with Gasteiger partial charge in [0.2, 0.25) is 0 Å². The third-order valence-electron chi connectivity index (χ3n) is 4.79. The Morgan fingerprint density at radius 1 is 0.880 bits per heavy atom. The fourth-order valence-electron chi connectivity index (χ4n) is 3.27. The first-order valence-corrected chi connectivity index (χ1v) is 8.85. The SMILES string of the molecule is c1cn(CCN2CCN(c3cc(N4CCOCC4)ncn3)CC2)nn1. The Kier molecular flexibility index (Phi) is 5.03. The highest BCUT2D eigenvalue weighted by Crippen LogP contribution is 2.19. The topological polar surface area (TPSA) is 75.4 Å². The first kappa shape index (κ1) is 16.2. The molecule has 0 aliphatic carbocycles. The van der Waals surface area contributed by atoms with Gasteiger partial charge in [-0.1, -0.05) is 5.21 Å². The Labute approximate surface area is 147 Å². The van der Waals surface area contributed by atoms with E-state index in [9.17, 15) is 0 Å². The van der Waals surface area contributed by atoms with Crippen molar-refractivity contribution in [2.24, 2.45) is 0 Å². The number of rotatable bonds is 5. The summed E-state index contributed by atoms with van der Waals surface area (Å²) in [7, 11) is 0. The number of nitrogens with zero attached hydrogens (tertiary/aromatic N) is 8. The monoisotopic (exact) mass is 344 g/mol. The summed E-state index contributed by atoms with van der Waals surface area (Å²) in [6.07, 6.45) is 5.31. The molecule has 0 saturated carbocycles. The summed E-state index contributed by atoms with van der Waals surface area (Å²) < 4.78 is 7.30. The van der Waals surface area contributed by atoms with Crippen LogP contribution in [0.3, 0.4) is 0 Å². The molecule has 2 aliphatic heterocycles. The van der Waals surface area contributed by atoms with Crippen molar-refractivity contribution >= 4 is 11.6 Å².